The number of anilines is 1. The van der Waals surface area contributed by atoms with Gasteiger partial charge in [0.15, 0.2) is 5.82 Å². The second kappa shape index (κ2) is 6.18. The van der Waals surface area contributed by atoms with Gasteiger partial charge in [-0.2, -0.15) is 13.2 Å². The maximum Gasteiger partial charge on any atom is 0.420 e. The van der Waals surface area contributed by atoms with Crippen molar-refractivity contribution in [2.45, 2.75) is 25.9 Å². The summed E-state index contributed by atoms with van der Waals surface area (Å²) in [6.07, 6.45) is -2.54. The standard InChI is InChI=1S/C17H18F3N3/c1-12-6-5-9-23(11-12)16-14(17(18,19)20)10-15(21-22-16)13-7-3-2-4-8-13/h2-4,7-8,10,12H,5-6,9,11H2,1H3/t12-/m1/s1. The highest BCUT2D eigenvalue weighted by atomic mass is 19.4. The molecule has 1 fully saturated rings. The Bertz CT molecular complexity index is 671. The molecule has 0 amide bonds. The second-order valence-electron chi connectivity index (χ2n) is 6.02. The molecule has 0 saturated carbocycles. The van der Waals surface area contributed by atoms with E-state index < -0.39 is 11.7 Å². The Morgan fingerprint density at radius 3 is 2.52 bits per heavy atom. The summed E-state index contributed by atoms with van der Waals surface area (Å²) >= 11 is 0. The van der Waals surface area contributed by atoms with E-state index in [9.17, 15) is 13.2 Å². The largest absolute Gasteiger partial charge is 0.420 e. The van der Waals surface area contributed by atoms with E-state index in [2.05, 4.69) is 10.2 Å². The van der Waals surface area contributed by atoms with Crippen molar-refractivity contribution < 1.29 is 13.2 Å². The molecule has 2 heterocycles. The molecule has 23 heavy (non-hydrogen) atoms. The average molecular weight is 321 g/mol. The molecule has 3 rings (SSSR count). The molecule has 3 nitrogen and oxygen atoms in total. The molecule has 0 radical (unpaired) electrons. The molecular formula is C17H18F3N3. The van der Waals surface area contributed by atoms with Crippen LogP contribution in [-0.2, 0) is 6.18 Å². The van der Waals surface area contributed by atoms with Crippen molar-refractivity contribution in [3.8, 4) is 11.3 Å². The molecule has 6 heteroatoms. The van der Waals surface area contributed by atoms with Crippen molar-refractivity contribution >= 4 is 5.82 Å². The lowest BCUT2D eigenvalue weighted by molar-refractivity contribution is -0.137. The first-order valence-electron chi connectivity index (χ1n) is 7.70. The third-order valence-electron chi connectivity index (χ3n) is 4.11. The summed E-state index contributed by atoms with van der Waals surface area (Å²) in [4.78, 5) is 1.71. The fraction of sp³-hybridized carbons (Fsp3) is 0.412. The highest BCUT2D eigenvalue weighted by molar-refractivity contribution is 5.62. The first-order valence-corrected chi connectivity index (χ1v) is 7.70. The van der Waals surface area contributed by atoms with Crippen LogP contribution in [0.3, 0.4) is 0 Å². The van der Waals surface area contributed by atoms with Crippen LogP contribution in [0.5, 0.6) is 0 Å². The summed E-state index contributed by atoms with van der Waals surface area (Å²) in [6, 6.07) is 9.91. The predicted octanol–water partition coefficient (Wildman–Crippen LogP) is 4.40. The number of aromatic nitrogens is 2. The molecule has 1 atom stereocenters. The highest BCUT2D eigenvalue weighted by Gasteiger charge is 2.37. The fourth-order valence-electron chi connectivity index (χ4n) is 2.96. The zero-order chi connectivity index (χ0) is 16.4. The van der Waals surface area contributed by atoms with Gasteiger partial charge in [-0.15, -0.1) is 10.2 Å². The van der Waals surface area contributed by atoms with Gasteiger partial charge >= 0.3 is 6.18 Å². The van der Waals surface area contributed by atoms with E-state index in [1.807, 2.05) is 13.0 Å². The minimum atomic E-state index is -4.45. The number of benzene rings is 1. The summed E-state index contributed by atoms with van der Waals surface area (Å²) in [7, 11) is 0. The van der Waals surface area contributed by atoms with Crippen LogP contribution in [0.2, 0.25) is 0 Å². The van der Waals surface area contributed by atoms with Gasteiger partial charge in [-0.3, -0.25) is 0 Å². The van der Waals surface area contributed by atoms with E-state index in [0.717, 1.165) is 18.9 Å². The minimum Gasteiger partial charge on any atom is -0.354 e. The lowest BCUT2D eigenvalue weighted by Gasteiger charge is -2.33. The van der Waals surface area contributed by atoms with Gasteiger partial charge in [-0.05, 0) is 24.8 Å². The maximum atomic E-state index is 13.5. The molecule has 1 aliphatic rings. The summed E-state index contributed by atoms with van der Waals surface area (Å²) in [6.45, 7) is 3.22. The Morgan fingerprint density at radius 1 is 1.13 bits per heavy atom. The van der Waals surface area contributed by atoms with Crippen LogP contribution in [-0.4, -0.2) is 23.3 Å². The quantitative estimate of drug-likeness (QED) is 0.821. The zero-order valence-corrected chi connectivity index (χ0v) is 12.8. The lowest BCUT2D eigenvalue weighted by Crippen LogP contribution is -2.36. The Kier molecular flexibility index (Phi) is 4.24. The maximum absolute atomic E-state index is 13.5. The van der Waals surface area contributed by atoms with Crippen LogP contribution < -0.4 is 4.90 Å². The summed E-state index contributed by atoms with van der Waals surface area (Å²) in [5, 5.41) is 7.97. The van der Waals surface area contributed by atoms with Crippen molar-refractivity contribution in [1.82, 2.24) is 10.2 Å². The number of halogens is 3. The van der Waals surface area contributed by atoms with Gasteiger partial charge in [0.1, 0.15) is 5.56 Å². The molecule has 0 unspecified atom stereocenters. The number of rotatable bonds is 2. The van der Waals surface area contributed by atoms with Crippen LogP contribution >= 0.6 is 0 Å². The zero-order valence-electron chi connectivity index (χ0n) is 12.8. The molecule has 1 aromatic heterocycles. The lowest BCUT2D eigenvalue weighted by atomic mass is 10.00. The smallest absolute Gasteiger partial charge is 0.354 e. The molecule has 1 aromatic carbocycles. The molecule has 2 aromatic rings. The minimum absolute atomic E-state index is 0.0521. The first kappa shape index (κ1) is 15.8. The summed E-state index contributed by atoms with van der Waals surface area (Å²) in [5.41, 5.74) is 0.163. The molecule has 0 N–H and O–H groups in total. The number of hydrogen-bond acceptors (Lipinski definition) is 3. The summed E-state index contributed by atoms with van der Waals surface area (Å²) < 4.78 is 40.5. The van der Waals surface area contributed by atoms with Gasteiger partial charge < -0.3 is 4.90 Å². The van der Waals surface area contributed by atoms with Gasteiger partial charge in [-0.25, -0.2) is 0 Å². The van der Waals surface area contributed by atoms with Crippen molar-refractivity contribution in [2.24, 2.45) is 5.92 Å². The Morgan fingerprint density at radius 2 is 1.87 bits per heavy atom. The van der Waals surface area contributed by atoms with E-state index in [1.165, 1.54) is 0 Å². The first-order chi connectivity index (χ1) is 10.9. The van der Waals surface area contributed by atoms with E-state index in [0.29, 0.717) is 24.6 Å². The Labute approximate surface area is 133 Å². The van der Waals surface area contributed by atoms with Gasteiger partial charge in [0, 0.05) is 18.7 Å². The van der Waals surface area contributed by atoms with Crippen LogP contribution in [0.4, 0.5) is 19.0 Å². The Balaban J connectivity index is 2.03. The molecule has 1 aliphatic heterocycles. The third kappa shape index (κ3) is 3.46. The SMILES string of the molecule is C[C@@H]1CCCN(c2nnc(-c3ccccc3)cc2C(F)(F)F)C1. The average Bonchev–Trinajstić information content (AvgIpc) is 2.54. The van der Waals surface area contributed by atoms with E-state index in [1.54, 1.807) is 29.2 Å². The number of alkyl halides is 3. The number of piperidine rings is 1. The molecule has 0 bridgehead atoms. The van der Waals surface area contributed by atoms with Crippen LogP contribution in [0.25, 0.3) is 11.3 Å². The highest BCUT2D eigenvalue weighted by Crippen LogP contribution is 2.38. The van der Waals surface area contributed by atoms with Gasteiger partial charge in [-0.1, -0.05) is 37.3 Å². The van der Waals surface area contributed by atoms with Gasteiger partial charge in [0.25, 0.3) is 0 Å². The number of hydrogen-bond donors (Lipinski definition) is 0. The molecular weight excluding hydrogens is 303 g/mol. The molecule has 0 spiro atoms. The number of nitrogens with zero attached hydrogens (tertiary/aromatic N) is 3. The topological polar surface area (TPSA) is 29.0 Å². The fourth-order valence-corrected chi connectivity index (χ4v) is 2.96. The van der Waals surface area contributed by atoms with Gasteiger partial charge in [0.2, 0.25) is 0 Å². The molecule has 1 saturated heterocycles. The summed E-state index contributed by atoms with van der Waals surface area (Å²) in [5.74, 6) is 0.309. The van der Waals surface area contributed by atoms with E-state index >= 15 is 0 Å². The Hall–Kier alpha value is -2.11. The van der Waals surface area contributed by atoms with Crippen molar-refractivity contribution in [3.63, 3.8) is 0 Å². The van der Waals surface area contributed by atoms with E-state index in [-0.39, 0.29) is 11.5 Å². The molecule has 122 valence electrons. The van der Waals surface area contributed by atoms with Crippen LogP contribution in [0.1, 0.15) is 25.3 Å². The molecule has 0 aliphatic carbocycles. The monoisotopic (exact) mass is 321 g/mol. The van der Waals surface area contributed by atoms with Crippen molar-refractivity contribution in [2.75, 3.05) is 18.0 Å². The second-order valence-corrected chi connectivity index (χ2v) is 6.02. The van der Waals surface area contributed by atoms with Crippen molar-refractivity contribution in [1.29, 1.82) is 0 Å². The third-order valence-corrected chi connectivity index (χ3v) is 4.11. The van der Waals surface area contributed by atoms with Gasteiger partial charge in [0.05, 0.1) is 5.69 Å². The van der Waals surface area contributed by atoms with Crippen molar-refractivity contribution in [3.05, 3.63) is 42.0 Å². The normalized spacial score (nSPS) is 19.0. The van der Waals surface area contributed by atoms with E-state index in [4.69, 9.17) is 0 Å². The van der Waals surface area contributed by atoms with Crippen LogP contribution in [0.15, 0.2) is 36.4 Å². The van der Waals surface area contributed by atoms with Crippen LogP contribution in [0, 0.1) is 5.92 Å². The predicted molar refractivity (Wildman–Crippen MR) is 83.1 cm³/mol.